The van der Waals surface area contributed by atoms with Gasteiger partial charge in [0.25, 0.3) is 5.91 Å². The molecular weight excluding hydrogens is 410 g/mol. The Hall–Kier alpha value is -2.48. The monoisotopic (exact) mass is 429 g/mol. The molecule has 1 aromatic heterocycles. The SMILES string of the molecule is O=C(Nc1ccnc2cc(Cl)ccc12)c1ccc(S(=O)(=O)N2CCCCC2)cc1. The van der Waals surface area contributed by atoms with Crippen molar-refractivity contribution in [1.82, 2.24) is 9.29 Å². The van der Waals surface area contributed by atoms with Crippen molar-refractivity contribution in [2.24, 2.45) is 0 Å². The van der Waals surface area contributed by atoms with Gasteiger partial charge in [0.15, 0.2) is 0 Å². The summed E-state index contributed by atoms with van der Waals surface area (Å²) in [5, 5.41) is 4.20. The standard InChI is InChI=1S/C21H20ClN3O3S/c22-16-6-9-18-19(10-11-23-20(18)14-16)24-21(26)15-4-7-17(8-5-15)29(27,28)25-12-2-1-3-13-25/h4-11,14H,1-3,12-13H2,(H,23,24,26). The van der Waals surface area contributed by atoms with Crippen molar-refractivity contribution >= 4 is 44.1 Å². The third kappa shape index (κ3) is 4.12. The number of aromatic nitrogens is 1. The molecule has 1 saturated heterocycles. The van der Waals surface area contributed by atoms with Crippen LogP contribution in [0.4, 0.5) is 5.69 Å². The molecule has 1 aliphatic heterocycles. The van der Waals surface area contributed by atoms with Gasteiger partial charge in [0.1, 0.15) is 0 Å². The molecule has 8 heteroatoms. The second kappa shape index (κ2) is 8.10. The molecule has 1 fully saturated rings. The number of hydrogen-bond donors (Lipinski definition) is 1. The summed E-state index contributed by atoms with van der Waals surface area (Å²) in [6.07, 6.45) is 4.42. The van der Waals surface area contributed by atoms with Crippen LogP contribution in [0.15, 0.2) is 59.6 Å². The topological polar surface area (TPSA) is 79.4 Å². The van der Waals surface area contributed by atoms with Crippen molar-refractivity contribution in [3.63, 3.8) is 0 Å². The van der Waals surface area contributed by atoms with Crippen LogP contribution in [0.25, 0.3) is 10.9 Å². The average molecular weight is 430 g/mol. The molecule has 0 atom stereocenters. The number of anilines is 1. The summed E-state index contributed by atoms with van der Waals surface area (Å²) in [5.41, 5.74) is 1.67. The van der Waals surface area contributed by atoms with E-state index in [2.05, 4.69) is 10.3 Å². The molecule has 4 rings (SSSR count). The third-order valence-electron chi connectivity index (χ3n) is 5.02. The van der Waals surface area contributed by atoms with Crippen LogP contribution in [0.5, 0.6) is 0 Å². The van der Waals surface area contributed by atoms with Crippen LogP contribution in [0.1, 0.15) is 29.6 Å². The number of nitrogens with one attached hydrogen (secondary N) is 1. The van der Waals surface area contributed by atoms with Crippen molar-refractivity contribution in [1.29, 1.82) is 0 Å². The lowest BCUT2D eigenvalue weighted by atomic mass is 10.1. The largest absolute Gasteiger partial charge is 0.321 e. The van der Waals surface area contributed by atoms with E-state index in [0.29, 0.717) is 34.9 Å². The Morgan fingerprint density at radius 2 is 1.72 bits per heavy atom. The molecule has 2 heterocycles. The van der Waals surface area contributed by atoms with E-state index in [0.717, 1.165) is 24.6 Å². The van der Waals surface area contributed by atoms with Crippen LogP contribution in [0, 0.1) is 0 Å². The summed E-state index contributed by atoms with van der Waals surface area (Å²) >= 11 is 6.00. The number of pyridine rings is 1. The number of amides is 1. The number of piperidine rings is 1. The van der Waals surface area contributed by atoms with E-state index in [1.807, 2.05) is 0 Å². The smallest absolute Gasteiger partial charge is 0.255 e. The maximum Gasteiger partial charge on any atom is 0.255 e. The van der Waals surface area contributed by atoms with Gasteiger partial charge in [-0.1, -0.05) is 18.0 Å². The number of nitrogens with zero attached hydrogens (tertiary/aromatic N) is 2. The molecule has 3 aromatic rings. The van der Waals surface area contributed by atoms with Crippen LogP contribution in [0.3, 0.4) is 0 Å². The first-order valence-corrected chi connectivity index (χ1v) is 11.2. The van der Waals surface area contributed by atoms with E-state index in [-0.39, 0.29) is 10.8 Å². The van der Waals surface area contributed by atoms with E-state index in [9.17, 15) is 13.2 Å². The fraction of sp³-hybridized carbons (Fsp3) is 0.238. The normalized spacial score (nSPS) is 15.3. The molecule has 2 aromatic carbocycles. The Balaban J connectivity index is 1.54. The highest BCUT2D eigenvalue weighted by atomic mass is 35.5. The number of halogens is 1. The van der Waals surface area contributed by atoms with Crippen LogP contribution < -0.4 is 5.32 Å². The lowest BCUT2D eigenvalue weighted by Crippen LogP contribution is -2.35. The number of fused-ring (bicyclic) bond motifs is 1. The minimum absolute atomic E-state index is 0.208. The van der Waals surface area contributed by atoms with Crippen molar-refractivity contribution in [2.75, 3.05) is 18.4 Å². The molecule has 0 bridgehead atoms. The molecule has 29 heavy (non-hydrogen) atoms. The van der Waals surface area contributed by atoms with Crippen LogP contribution >= 0.6 is 11.6 Å². The van der Waals surface area contributed by atoms with Gasteiger partial charge in [-0.2, -0.15) is 4.31 Å². The van der Waals surface area contributed by atoms with Crippen molar-refractivity contribution < 1.29 is 13.2 Å². The van der Waals surface area contributed by atoms with Gasteiger partial charge in [-0.05, 0) is 61.4 Å². The van der Waals surface area contributed by atoms with E-state index in [1.54, 1.807) is 30.5 Å². The van der Waals surface area contributed by atoms with Crippen LogP contribution in [-0.4, -0.2) is 36.7 Å². The fourth-order valence-electron chi connectivity index (χ4n) is 3.46. The molecule has 150 valence electrons. The second-order valence-corrected chi connectivity index (χ2v) is 9.34. The third-order valence-corrected chi connectivity index (χ3v) is 7.17. The predicted octanol–water partition coefficient (Wildman–Crippen LogP) is 4.32. The number of carbonyl (C=O) groups is 1. The molecule has 1 aliphatic rings. The molecule has 0 radical (unpaired) electrons. The van der Waals surface area contributed by atoms with E-state index in [4.69, 9.17) is 11.6 Å². The average Bonchev–Trinajstić information content (AvgIpc) is 2.74. The highest BCUT2D eigenvalue weighted by Crippen LogP contribution is 2.25. The molecule has 0 unspecified atom stereocenters. The van der Waals surface area contributed by atoms with Crippen molar-refractivity contribution in [3.8, 4) is 0 Å². The predicted molar refractivity (Wildman–Crippen MR) is 114 cm³/mol. The number of hydrogen-bond acceptors (Lipinski definition) is 4. The summed E-state index contributed by atoms with van der Waals surface area (Å²) in [6, 6.07) is 13.0. The summed E-state index contributed by atoms with van der Waals surface area (Å²) in [5.74, 6) is -0.325. The van der Waals surface area contributed by atoms with E-state index >= 15 is 0 Å². The Bertz CT molecular complexity index is 1160. The first-order valence-electron chi connectivity index (χ1n) is 9.41. The molecule has 0 spiro atoms. The van der Waals surface area contributed by atoms with Crippen LogP contribution in [-0.2, 0) is 10.0 Å². The Morgan fingerprint density at radius 1 is 1.00 bits per heavy atom. The Kier molecular flexibility index (Phi) is 5.54. The number of rotatable bonds is 4. The van der Waals surface area contributed by atoms with Crippen molar-refractivity contribution in [3.05, 3.63) is 65.3 Å². The number of carbonyl (C=O) groups excluding carboxylic acids is 1. The zero-order chi connectivity index (χ0) is 20.4. The van der Waals surface area contributed by atoms with Crippen molar-refractivity contribution in [2.45, 2.75) is 24.2 Å². The maximum absolute atomic E-state index is 12.7. The van der Waals surface area contributed by atoms with Gasteiger partial charge in [-0.3, -0.25) is 9.78 Å². The maximum atomic E-state index is 12.7. The minimum atomic E-state index is -3.52. The summed E-state index contributed by atoms with van der Waals surface area (Å²) in [6.45, 7) is 1.09. The minimum Gasteiger partial charge on any atom is -0.321 e. The van der Waals surface area contributed by atoms with E-state index < -0.39 is 10.0 Å². The number of benzene rings is 2. The first-order chi connectivity index (χ1) is 13.9. The molecule has 6 nitrogen and oxygen atoms in total. The van der Waals surface area contributed by atoms with Gasteiger partial charge in [-0.15, -0.1) is 0 Å². The second-order valence-electron chi connectivity index (χ2n) is 6.96. The van der Waals surface area contributed by atoms with Gasteiger partial charge >= 0.3 is 0 Å². The molecule has 0 saturated carbocycles. The lowest BCUT2D eigenvalue weighted by molar-refractivity contribution is 0.102. The molecule has 1 amide bonds. The highest BCUT2D eigenvalue weighted by molar-refractivity contribution is 7.89. The Labute approximate surface area is 174 Å². The number of sulfonamides is 1. The lowest BCUT2D eigenvalue weighted by Gasteiger charge is -2.25. The van der Waals surface area contributed by atoms with E-state index in [1.165, 1.54) is 28.6 Å². The molecule has 1 N–H and O–H groups in total. The zero-order valence-corrected chi connectivity index (χ0v) is 17.2. The summed E-state index contributed by atoms with van der Waals surface area (Å²) < 4.78 is 27.0. The van der Waals surface area contributed by atoms with Gasteiger partial charge in [-0.25, -0.2) is 8.42 Å². The highest BCUT2D eigenvalue weighted by Gasteiger charge is 2.26. The van der Waals surface area contributed by atoms with Gasteiger partial charge in [0, 0.05) is 35.3 Å². The molecule has 0 aliphatic carbocycles. The fourth-order valence-corrected chi connectivity index (χ4v) is 5.14. The quantitative estimate of drug-likeness (QED) is 0.670. The summed E-state index contributed by atoms with van der Waals surface area (Å²) in [7, 11) is -3.52. The van der Waals surface area contributed by atoms with Crippen LogP contribution in [0.2, 0.25) is 5.02 Å². The van der Waals surface area contributed by atoms with Gasteiger partial charge in [0.05, 0.1) is 16.1 Å². The first kappa shape index (κ1) is 19.8. The zero-order valence-electron chi connectivity index (χ0n) is 15.6. The van der Waals surface area contributed by atoms with Gasteiger partial charge in [0.2, 0.25) is 10.0 Å². The Morgan fingerprint density at radius 3 is 2.45 bits per heavy atom. The summed E-state index contributed by atoms with van der Waals surface area (Å²) in [4.78, 5) is 17.1. The molecular formula is C21H20ClN3O3S. The van der Waals surface area contributed by atoms with Gasteiger partial charge < -0.3 is 5.32 Å².